The molecule has 0 spiro atoms. The molecule has 0 aliphatic rings. The molecule has 0 bridgehead atoms. The molecule has 0 saturated carbocycles. The minimum Gasteiger partial charge on any atom is -0.340 e. The highest BCUT2D eigenvalue weighted by atomic mass is 35.5. The fourth-order valence-electron chi connectivity index (χ4n) is 2.41. The maximum absolute atomic E-state index is 11.4. The second kappa shape index (κ2) is 7.77. The fourth-order valence-corrected chi connectivity index (χ4v) is 2.47. The number of benzene rings is 2. The number of hydrogen-bond acceptors (Lipinski definition) is 4. The van der Waals surface area contributed by atoms with Crippen molar-refractivity contribution in [2.75, 3.05) is 16.5 Å². The van der Waals surface area contributed by atoms with Gasteiger partial charge in [-0.25, -0.2) is 9.97 Å². The number of aromatic nitrogens is 2. The van der Waals surface area contributed by atoms with Crippen molar-refractivity contribution in [2.24, 2.45) is 0 Å². The number of anilines is 3. The van der Waals surface area contributed by atoms with Crippen LogP contribution in [0.25, 0.3) is 11.3 Å². The van der Waals surface area contributed by atoms with Crippen molar-refractivity contribution in [1.29, 1.82) is 0 Å². The van der Waals surface area contributed by atoms with E-state index in [0.29, 0.717) is 17.3 Å². The van der Waals surface area contributed by atoms with E-state index in [2.05, 4.69) is 20.6 Å². The van der Waals surface area contributed by atoms with Gasteiger partial charge in [0.25, 0.3) is 0 Å². The molecule has 0 atom stereocenters. The van der Waals surface area contributed by atoms with Crippen LogP contribution in [0.2, 0.25) is 0 Å². The van der Waals surface area contributed by atoms with Crippen molar-refractivity contribution in [3.63, 3.8) is 0 Å². The summed E-state index contributed by atoms with van der Waals surface area (Å²) in [6, 6.07) is 19.2. The van der Waals surface area contributed by atoms with Crippen molar-refractivity contribution in [3.8, 4) is 11.3 Å². The first-order chi connectivity index (χ1) is 12.1. The van der Waals surface area contributed by atoms with Crippen LogP contribution in [-0.2, 0) is 4.79 Å². The number of rotatable bonds is 5. The molecule has 0 fully saturated rings. The van der Waals surface area contributed by atoms with Crippen molar-refractivity contribution in [2.45, 2.75) is 6.92 Å². The van der Waals surface area contributed by atoms with Gasteiger partial charge in [-0.05, 0) is 25.1 Å². The van der Waals surface area contributed by atoms with Gasteiger partial charge >= 0.3 is 0 Å². The summed E-state index contributed by atoms with van der Waals surface area (Å²) < 4.78 is 0. The van der Waals surface area contributed by atoms with Crippen LogP contribution in [0.15, 0.2) is 60.7 Å². The zero-order valence-corrected chi connectivity index (χ0v) is 14.4. The molecule has 1 aromatic heterocycles. The molecule has 0 radical (unpaired) electrons. The average molecular weight is 353 g/mol. The van der Waals surface area contributed by atoms with Crippen molar-refractivity contribution < 1.29 is 4.79 Å². The molecule has 3 aromatic rings. The highest BCUT2D eigenvalue weighted by molar-refractivity contribution is 6.29. The summed E-state index contributed by atoms with van der Waals surface area (Å²) in [5.41, 5.74) is 3.36. The summed E-state index contributed by atoms with van der Waals surface area (Å²) in [4.78, 5) is 20.3. The molecule has 0 unspecified atom stereocenters. The third kappa shape index (κ3) is 4.55. The lowest BCUT2D eigenvalue weighted by Gasteiger charge is -2.10. The van der Waals surface area contributed by atoms with Gasteiger partial charge in [0.2, 0.25) is 5.91 Å². The average Bonchev–Trinajstić information content (AvgIpc) is 2.62. The number of carbonyl (C=O) groups is 1. The minimum absolute atomic E-state index is 0.0802. The van der Waals surface area contributed by atoms with Crippen molar-refractivity contribution >= 4 is 34.7 Å². The van der Waals surface area contributed by atoms with Gasteiger partial charge in [-0.15, -0.1) is 11.6 Å². The van der Waals surface area contributed by atoms with E-state index in [1.54, 1.807) is 6.07 Å². The predicted octanol–water partition coefficient (Wildman–Crippen LogP) is 4.37. The van der Waals surface area contributed by atoms with Gasteiger partial charge in [0.05, 0.1) is 5.69 Å². The maximum atomic E-state index is 11.4. The molecular weight excluding hydrogens is 336 g/mol. The lowest BCUT2D eigenvalue weighted by Crippen LogP contribution is -2.12. The van der Waals surface area contributed by atoms with Gasteiger partial charge in [0.1, 0.15) is 17.5 Å². The Bertz CT molecular complexity index is 884. The Labute approximate surface area is 151 Å². The van der Waals surface area contributed by atoms with E-state index in [0.717, 1.165) is 16.9 Å². The number of nitrogens with zero attached hydrogens (tertiary/aromatic N) is 2. The van der Waals surface area contributed by atoms with Crippen LogP contribution in [0, 0.1) is 6.92 Å². The van der Waals surface area contributed by atoms with E-state index in [1.165, 1.54) is 0 Å². The standard InChI is InChI=1S/C19H17ClN4O/c1-13-21-17(14-6-3-2-4-7-14)11-18(22-13)23-15-8-5-9-16(10-15)24-19(25)12-20/h2-11H,12H2,1H3,(H,24,25)(H,21,22,23). The number of aryl methyl sites for hydroxylation is 1. The fraction of sp³-hybridized carbons (Fsp3) is 0.105. The van der Waals surface area contributed by atoms with E-state index in [-0.39, 0.29) is 11.8 Å². The lowest BCUT2D eigenvalue weighted by molar-refractivity contribution is -0.113. The third-order valence-corrected chi connectivity index (χ3v) is 3.69. The van der Waals surface area contributed by atoms with Gasteiger partial charge < -0.3 is 10.6 Å². The van der Waals surface area contributed by atoms with Gasteiger partial charge in [0.15, 0.2) is 0 Å². The zero-order chi connectivity index (χ0) is 17.6. The Morgan fingerprint density at radius 2 is 1.76 bits per heavy atom. The van der Waals surface area contributed by atoms with Crippen LogP contribution in [0.5, 0.6) is 0 Å². The summed E-state index contributed by atoms with van der Waals surface area (Å²) in [5, 5.41) is 5.97. The van der Waals surface area contributed by atoms with Gasteiger partial charge in [-0.3, -0.25) is 4.79 Å². The summed E-state index contributed by atoms with van der Waals surface area (Å²) >= 11 is 5.52. The molecule has 126 valence electrons. The third-order valence-electron chi connectivity index (χ3n) is 3.45. The number of hydrogen-bond donors (Lipinski definition) is 2. The van der Waals surface area contributed by atoms with Crippen LogP contribution in [0.1, 0.15) is 5.82 Å². The van der Waals surface area contributed by atoms with E-state index < -0.39 is 0 Å². The van der Waals surface area contributed by atoms with Crippen LogP contribution in [0.4, 0.5) is 17.2 Å². The molecule has 2 N–H and O–H groups in total. The maximum Gasteiger partial charge on any atom is 0.239 e. The monoisotopic (exact) mass is 352 g/mol. The number of alkyl halides is 1. The van der Waals surface area contributed by atoms with Crippen molar-refractivity contribution in [3.05, 3.63) is 66.5 Å². The van der Waals surface area contributed by atoms with Crippen LogP contribution in [-0.4, -0.2) is 21.8 Å². The lowest BCUT2D eigenvalue weighted by atomic mass is 10.1. The molecular formula is C19H17ClN4O. The smallest absolute Gasteiger partial charge is 0.239 e. The molecule has 6 heteroatoms. The number of carbonyl (C=O) groups excluding carboxylic acids is 1. The Balaban J connectivity index is 1.85. The second-order valence-corrected chi connectivity index (χ2v) is 5.71. The Kier molecular flexibility index (Phi) is 5.26. The summed E-state index contributed by atoms with van der Waals surface area (Å²) in [7, 11) is 0. The first kappa shape index (κ1) is 16.9. The molecule has 3 rings (SSSR count). The first-order valence-electron chi connectivity index (χ1n) is 7.78. The van der Waals surface area contributed by atoms with E-state index in [1.807, 2.05) is 61.5 Å². The Morgan fingerprint density at radius 3 is 2.52 bits per heavy atom. The SMILES string of the molecule is Cc1nc(Nc2cccc(NC(=O)CCl)c2)cc(-c2ccccc2)n1. The summed E-state index contributed by atoms with van der Waals surface area (Å²) in [6.07, 6.45) is 0. The molecule has 25 heavy (non-hydrogen) atoms. The van der Waals surface area contributed by atoms with Crippen LogP contribution >= 0.6 is 11.6 Å². The second-order valence-electron chi connectivity index (χ2n) is 5.44. The van der Waals surface area contributed by atoms with Crippen LogP contribution in [0.3, 0.4) is 0 Å². The van der Waals surface area contributed by atoms with E-state index in [9.17, 15) is 4.79 Å². The summed E-state index contributed by atoms with van der Waals surface area (Å²) in [6.45, 7) is 1.86. The molecule has 5 nitrogen and oxygen atoms in total. The molecule has 0 aliphatic carbocycles. The zero-order valence-electron chi connectivity index (χ0n) is 13.7. The molecule has 0 saturated heterocycles. The molecule has 2 aromatic carbocycles. The van der Waals surface area contributed by atoms with Crippen molar-refractivity contribution in [1.82, 2.24) is 9.97 Å². The largest absolute Gasteiger partial charge is 0.340 e. The van der Waals surface area contributed by atoms with Crippen LogP contribution < -0.4 is 10.6 Å². The topological polar surface area (TPSA) is 66.9 Å². The number of nitrogens with one attached hydrogen (secondary N) is 2. The van der Waals surface area contributed by atoms with Gasteiger partial charge in [-0.1, -0.05) is 36.4 Å². The number of amides is 1. The summed E-state index contributed by atoms with van der Waals surface area (Å²) in [5.74, 6) is 1.04. The molecule has 0 aliphatic heterocycles. The number of halogens is 1. The van der Waals surface area contributed by atoms with Gasteiger partial charge in [-0.2, -0.15) is 0 Å². The van der Waals surface area contributed by atoms with E-state index in [4.69, 9.17) is 11.6 Å². The first-order valence-corrected chi connectivity index (χ1v) is 8.31. The highest BCUT2D eigenvalue weighted by Crippen LogP contribution is 2.23. The predicted molar refractivity (Wildman–Crippen MR) is 101 cm³/mol. The molecule has 1 amide bonds. The Hall–Kier alpha value is -2.92. The van der Waals surface area contributed by atoms with E-state index >= 15 is 0 Å². The normalized spacial score (nSPS) is 10.3. The van der Waals surface area contributed by atoms with Gasteiger partial charge in [0, 0.05) is 23.0 Å². The minimum atomic E-state index is -0.247. The Morgan fingerprint density at radius 1 is 1.00 bits per heavy atom. The highest BCUT2D eigenvalue weighted by Gasteiger charge is 2.06. The molecule has 1 heterocycles. The quantitative estimate of drug-likeness (QED) is 0.669.